The lowest BCUT2D eigenvalue weighted by molar-refractivity contribution is 0.0780. The summed E-state index contributed by atoms with van der Waals surface area (Å²) in [4.78, 5) is 13.6. The summed E-state index contributed by atoms with van der Waals surface area (Å²) in [6, 6.07) is 6.00. The normalized spacial score (nSPS) is 10.5. The van der Waals surface area contributed by atoms with Crippen LogP contribution in [0.4, 0.5) is 4.39 Å². The van der Waals surface area contributed by atoms with Crippen LogP contribution in [0.3, 0.4) is 0 Å². The number of nitrogens with zero attached hydrogens (tertiary/aromatic N) is 3. The highest BCUT2D eigenvalue weighted by molar-refractivity contribution is 5.94. The molecule has 1 heterocycles. The summed E-state index contributed by atoms with van der Waals surface area (Å²) >= 11 is 0. The molecule has 5 heteroatoms. The van der Waals surface area contributed by atoms with Gasteiger partial charge in [-0.15, -0.1) is 0 Å². The van der Waals surface area contributed by atoms with Crippen LogP contribution in [0.1, 0.15) is 21.6 Å². The number of amides is 1. The van der Waals surface area contributed by atoms with Crippen LogP contribution >= 0.6 is 0 Å². The fourth-order valence-corrected chi connectivity index (χ4v) is 1.87. The van der Waals surface area contributed by atoms with Gasteiger partial charge in [0.25, 0.3) is 5.91 Å². The maximum Gasteiger partial charge on any atom is 0.256 e. The summed E-state index contributed by atoms with van der Waals surface area (Å²) in [5.41, 5.74) is 2.04. The number of aromatic nitrogens is 2. The number of benzene rings is 1. The maximum absolute atomic E-state index is 13.6. The zero-order valence-electron chi connectivity index (χ0n) is 11.2. The molecule has 100 valence electrons. The summed E-state index contributed by atoms with van der Waals surface area (Å²) in [6.07, 6.45) is 1.72. The molecule has 2 aromatic rings. The first-order valence-electron chi connectivity index (χ1n) is 5.98. The van der Waals surface area contributed by atoms with Gasteiger partial charge in [0.15, 0.2) is 0 Å². The van der Waals surface area contributed by atoms with E-state index in [1.807, 2.05) is 14.0 Å². The van der Waals surface area contributed by atoms with E-state index >= 15 is 0 Å². The van der Waals surface area contributed by atoms with Crippen molar-refractivity contribution in [2.75, 3.05) is 7.05 Å². The second-order valence-corrected chi connectivity index (χ2v) is 4.52. The average Bonchev–Trinajstić information content (AvgIpc) is 2.70. The predicted octanol–water partition coefficient (Wildman–Crippen LogP) is 2.14. The fourth-order valence-electron chi connectivity index (χ4n) is 1.87. The predicted molar refractivity (Wildman–Crippen MR) is 70.1 cm³/mol. The Morgan fingerprint density at radius 3 is 2.68 bits per heavy atom. The van der Waals surface area contributed by atoms with Crippen LogP contribution in [0, 0.1) is 12.7 Å². The lowest BCUT2D eigenvalue weighted by Crippen LogP contribution is -2.27. The number of rotatable bonds is 3. The Labute approximate surface area is 111 Å². The highest BCUT2D eigenvalue weighted by Crippen LogP contribution is 2.13. The molecule has 0 aliphatic heterocycles. The second kappa shape index (κ2) is 5.22. The summed E-state index contributed by atoms with van der Waals surface area (Å²) in [5, 5.41) is 4.12. The zero-order chi connectivity index (χ0) is 14.0. The van der Waals surface area contributed by atoms with E-state index in [1.54, 1.807) is 30.1 Å². The van der Waals surface area contributed by atoms with Gasteiger partial charge < -0.3 is 4.90 Å². The van der Waals surface area contributed by atoms with Crippen LogP contribution < -0.4 is 0 Å². The van der Waals surface area contributed by atoms with Gasteiger partial charge >= 0.3 is 0 Å². The molecular weight excluding hydrogens is 245 g/mol. The highest BCUT2D eigenvalue weighted by Gasteiger charge is 2.17. The molecule has 0 aliphatic rings. The van der Waals surface area contributed by atoms with Crippen molar-refractivity contribution in [3.05, 3.63) is 53.1 Å². The van der Waals surface area contributed by atoms with Gasteiger partial charge in [-0.3, -0.25) is 9.48 Å². The molecule has 0 radical (unpaired) electrons. The second-order valence-electron chi connectivity index (χ2n) is 4.52. The Balaban J connectivity index is 2.17. The van der Waals surface area contributed by atoms with Gasteiger partial charge in [0.05, 0.1) is 11.8 Å². The minimum absolute atomic E-state index is 0.0894. The van der Waals surface area contributed by atoms with Gasteiger partial charge in [-0.2, -0.15) is 5.10 Å². The molecule has 0 saturated carbocycles. The van der Waals surface area contributed by atoms with Crippen molar-refractivity contribution in [3.8, 4) is 0 Å². The van der Waals surface area contributed by atoms with Gasteiger partial charge in [-0.1, -0.05) is 12.1 Å². The smallest absolute Gasteiger partial charge is 0.256 e. The number of halogens is 1. The first kappa shape index (κ1) is 13.3. The molecule has 0 bridgehead atoms. The van der Waals surface area contributed by atoms with E-state index in [1.165, 1.54) is 17.0 Å². The van der Waals surface area contributed by atoms with E-state index in [4.69, 9.17) is 0 Å². The van der Waals surface area contributed by atoms with Crippen LogP contribution in [0.5, 0.6) is 0 Å². The topological polar surface area (TPSA) is 38.1 Å². The van der Waals surface area contributed by atoms with Crippen LogP contribution in [-0.4, -0.2) is 27.6 Å². The molecule has 1 amide bonds. The van der Waals surface area contributed by atoms with Crippen molar-refractivity contribution < 1.29 is 9.18 Å². The Kier molecular flexibility index (Phi) is 3.64. The molecular formula is C14H16FN3O. The molecule has 4 nitrogen and oxygen atoms in total. The van der Waals surface area contributed by atoms with E-state index < -0.39 is 5.82 Å². The first-order chi connectivity index (χ1) is 9.00. The number of hydrogen-bond donors (Lipinski definition) is 0. The minimum Gasteiger partial charge on any atom is -0.337 e. The quantitative estimate of drug-likeness (QED) is 0.849. The van der Waals surface area contributed by atoms with Crippen molar-refractivity contribution in [2.45, 2.75) is 13.5 Å². The number of carbonyl (C=O) groups is 1. The third-order valence-corrected chi connectivity index (χ3v) is 3.20. The summed E-state index contributed by atoms with van der Waals surface area (Å²) in [7, 11) is 3.50. The maximum atomic E-state index is 13.6. The average molecular weight is 261 g/mol. The van der Waals surface area contributed by atoms with E-state index in [0.717, 1.165) is 11.3 Å². The molecule has 0 aliphatic carbocycles. The standard InChI is InChI=1S/C14H16FN3O/c1-10-11(8-16-18(10)3)9-17(2)14(19)12-6-4-5-7-13(12)15/h4-8H,9H2,1-3H3. The van der Waals surface area contributed by atoms with E-state index in [2.05, 4.69) is 5.10 Å². The van der Waals surface area contributed by atoms with Gasteiger partial charge in [-0.05, 0) is 19.1 Å². The Hall–Kier alpha value is -2.17. The van der Waals surface area contributed by atoms with Crippen molar-refractivity contribution in [3.63, 3.8) is 0 Å². The van der Waals surface area contributed by atoms with Gasteiger partial charge in [0.1, 0.15) is 5.82 Å². The summed E-state index contributed by atoms with van der Waals surface area (Å²) < 4.78 is 15.3. The molecule has 1 aromatic carbocycles. The van der Waals surface area contributed by atoms with Crippen LogP contribution in [0.25, 0.3) is 0 Å². The number of aryl methyl sites for hydroxylation is 1. The minimum atomic E-state index is -0.498. The lowest BCUT2D eigenvalue weighted by atomic mass is 10.1. The molecule has 19 heavy (non-hydrogen) atoms. The lowest BCUT2D eigenvalue weighted by Gasteiger charge is -2.17. The first-order valence-corrected chi connectivity index (χ1v) is 5.98. The summed E-state index contributed by atoms with van der Waals surface area (Å²) in [6.45, 7) is 2.34. The van der Waals surface area contributed by atoms with Crippen LogP contribution in [-0.2, 0) is 13.6 Å². The Bertz CT molecular complexity index is 606. The Morgan fingerprint density at radius 1 is 1.42 bits per heavy atom. The van der Waals surface area contributed by atoms with Crippen molar-refractivity contribution >= 4 is 5.91 Å². The third-order valence-electron chi connectivity index (χ3n) is 3.20. The Morgan fingerprint density at radius 2 is 2.11 bits per heavy atom. The summed E-state index contributed by atoms with van der Waals surface area (Å²) in [5.74, 6) is -0.830. The van der Waals surface area contributed by atoms with E-state index in [0.29, 0.717) is 6.54 Å². The van der Waals surface area contributed by atoms with Crippen molar-refractivity contribution in [2.24, 2.45) is 7.05 Å². The van der Waals surface area contributed by atoms with E-state index in [-0.39, 0.29) is 11.5 Å². The SMILES string of the molecule is Cc1c(CN(C)C(=O)c2ccccc2F)cnn1C. The molecule has 1 aromatic heterocycles. The van der Waals surface area contributed by atoms with Crippen LogP contribution in [0.15, 0.2) is 30.5 Å². The van der Waals surface area contributed by atoms with Gasteiger partial charge in [-0.25, -0.2) is 4.39 Å². The van der Waals surface area contributed by atoms with E-state index in [9.17, 15) is 9.18 Å². The highest BCUT2D eigenvalue weighted by atomic mass is 19.1. The van der Waals surface area contributed by atoms with Crippen molar-refractivity contribution in [1.29, 1.82) is 0 Å². The monoisotopic (exact) mass is 261 g/mol. The molecule has 0 atom stereocenters. The zero-order valence-corrected chi connectivity index (χ0v) is 11.2. The van der Waals surface area contributed by atoms with Gasteiger partial charge in [0, 0.05) is 31.9 Å². The number of hydrogen-bond acceptors (Lipinski definition) is 2. The van der Waals surface area contributed by atoms with Crippen molar-refractivity contribution in [1.82, 2.24) is 14.7 Å². The molecule has 2 rings (SSSR count). The van der Waals surface area contributed by atoms with Crippen LogP contribution in [0.2, 0.25) is 0 Å². The van der Waals surface area contributed by atoms with Gasteiger partial charge in [0.2, 0.25) is 0 Å². The fraction of sp³-hybridized carbons (Fsp3) is 0.286. The molecule has 0 spiro atoms. The largest absolute Gasteiger partial charge is 0.337 e. The molecule has 0 saturated heterocycles. The molecule has 0 N–H and O–H groups in total. The molecule has 0 unspecified atom stereocenters. The number of carbonyl (C=O) groups excluding carboxylic acids is 1. The molecule has 0 fully saturated rings. The third kappa shape index (κ3) is 2.65.